The Kier molecular flexibility index (Phi) is 13.2. The third-order valence-electron chi connectivity index (χ3n) is 11.3. The van der Waals surface area contributed by atoms with Crippen LogP contribution in [0.3, 0.4) is 0 Å². The maximum atomic E-state index is 13.6. The van der Waals surface area contributed by atoms with Gasteiger partial charge in [0.25, 0.3) is 5.91 Å². The highest BCUT2D eigenvalue weighted by Crippen LogP contribution is 2.52. The summed E-state index contributed by atoms with van der Waals surface area (Å²) in [5.74, 6) is 0.163. The van der Waals surface area contributed by atoms with Crippen molar-refractivity contribution in [1.29, 1.82) is 0 Å². The Hall–Kier alpha value is -7.50. The summed E-state index contributed by atoms with van der Waals surface area (Å²) in [4.78, 5) is 52.7. The fourth-order valence-electron chi connectivity index (χ4n) is 7.74. The Bertz CT molecular complexity index is 2770. The highest BCUT2D eigenvalue weighted by atomic mass is 19.3. The number of hydrogen-bond acceptors (Lipinski definition) is 12. The number of hydrogen-bond donors (Lipinski definition) is 5. The second-order valence-electron chi connectivity index (χ2n) is 15.8. The number of carbonyl (C=O) groups is 3. The largest absolute Gasteiger partial charge is 0.586 e. The van der Waals surface area contributed by atoms with Crippen molar-refractivity contribution in [1.82, 2.24) is 20.3 Å². The highest BCUT2D eigenvalue weighted by Gasteiger charge is 2.53. The van der Waals surface area contributed by atoms with Gasteiger partial charge in [0.15, 0.2) is 11.5 Å². The molecule has 0 spiro atoms. The molecule has 3 amide bonds. The van der Waals surface area contributed by atoms with Crippen LogP contribution in [0.5, 0.6) is 17.2 Å². The molecule has 3 aromatic heterocycles. The molecule has 0 radical (unpaired) electrons. The van der Waals surface area contributed by atoms with E-state index in [1.165, 1.54) is 12.1 Å². The zero-order valence-electron chi connectivity index (χ0n) is 36.2. The third kappa shape index (κ3) is 10.2. The van der Waals surface area contributed by atoms with Crippen molar-refractivity contribution in [3.63, 3.8) is 0 Å². The van der Waals surface area contributed by atoms with Crippen LogP contribution in [0.25, 0.3) is 33.5 Å². The van der Waals surface area contributed by atoms with Gasteiger partial charge in [0.1, 0.15) is 23.2 Å². The van der Waals surface area contributed by atoms with Crippen molar-refractivity contribution < 1.29 is 47.2 Å². The second-order valence-corrected chi connectivity index (χ2v) is 15.8. The summed E-state index contributed by atoms with van der Waals surface area (Å²) < 4.78 is 47.5. The van der Waals surface area contributed by atoms with Gasteiger partial charge >= 0.3 is 6.29 Å². The van der Waals surface area contributed by atoms with E-state index in [0.717, 1.165) is 33.4 Å². The number of nitrogen functional groups attached to an aromatic ring is 1. The minimum atomic E-state index is -3.75. The first-order valence-electron chi connectivity index (χ1n) is 21.4. The molecule has 6 N–H and O–H groups in total. The quantitative estimate of drug-likeness (QED) is 0.0524. The summed E-state index contributed by atoms with van der Waals surface area (Å²) in [5.41, 5.74) is 12.7. The molecule has 66 heavy (non-hydrogen) atoms. The van der Waals surface area contributed by atoms with Crippen LogP contribution in [0.2, 0.25) is 0 Å². The number of nitrogens with two attached hydrogens (primary N) is 1. The number of fused-ring (bicyclic) bond motifs is 1. The lowest BCUT2D eigenvalue weighted by atomic mass is 9.92. The van der Waals surface area contributed by atoms with Crippen molar-refractivity contribution in [2.24, 2.45) is 0 Å². The number of ether oxygens (including phenoxy) is 4. The van der Waals surface area contributed by atoms with Gasteiger partial charge in [-0.3, -0.25) is 14.4 Å². The predicted molar refractivity (Wildman–Crippen MR) is 242 cm³/mol. The standard InChI is InChI=1S/C49H47F2N7O8/c1-3-36-37(28-55-45(52)43(36)30-8-12-35(59)13-9-30)33-10-16-40(54-27-33)56-42(60)17-21-63-23-24-64-22-20-53-46(61)32-6-4-5-31(25-32)44-29(2)7-15-41(57-44)58-47(62)48(18-19-48)34-11-14-38-39(26-34)66-49(50,51)65-38/h4-16,25-28,59H,3,17-24H2,1-2H3,(H2,52,55)(H,53,61)(H,54,56,60)(H,57,58,62). The third-order valence-corrected chi connectivity index (χ3v) is 11.3. The molecule has 0 unspecified atom stereocenters. The lowest BCUT2D eigenvalue weighted by Gasteiger charge is -2.17. The van der Waals surface area contributed by atoms with Crippen molar-refractivity contribution in [2.75, 3.05) is 49.3 Å². The van der Waals surface area contributed by atoms with Gasteiger partial charge in [-0.1, -0.05) is 43.3 Å². The number of pyridine rings is 3. The molecule has 1 fully saturated rings. The van der Waals surface area contributed by atoms with E-state index < -0.39 is 11.7 Å². The van der Waals surface area contributed by atoms with Gasteiger partial charge in [-0.2, -0.15) is 0 Å². The monoisotopic (exact) mass is 899 g/mol. The van der Waals surface area contributed by atoms with Crippen molar-refractivity contribution in [3.8, 4) is 50.8 Å². The minimum absolute atomic E-state index is 0.0882. The van der Waals surface area contributed by atoms with E-state index in [1.807, 2.05) is 32.0 Å². The van der Waals surface area contributed by atoms with Gasteiger partial charge in [0.2, 0.25) is 11.8 Å². The molecule has 0 atom stereocenters. The molecule has 2 aliphatic rings. The Labute approximate surface area is 378 Å². The summed E-state index contributed by atoms with van der Waals surface area (Å²) in [6.07, 6.45) is 1.49. The Morgan fingerprint density at radius 3 is 2.29 bits per heavy atom. The van der Waals surface area contributed by atoms with Gasteiger partial charge in [-0.05, 0) is 103 Å². The lowest BCUT2D eigenvalue weighted by molar-refractivity contribution is -0.286. The molecule has 6 aromatic rings. The van der Waals surface area contributed by atoms with Crippen molar-refractivity contribution in [3.05, 3.63) is 126 Å². The van der Waals surface area contributed by atoms with Crippen molar-refractivity contribution in [2.45, 2.75) is 51.2 Å². The fraction of sp³-hybridized carbons (Fsp3) is 0.265. The van der Waals surface area contributed by atoms with Crippen molar-refractivity contribution >= 4 is 35.2 Å². The van der Waals surface area contributed by atoms with Gasteiger partial charge in [-0.25, -0.2) is 15.0 Å². The van der Waals surface area contributed by atoms with Crippen LogP contribution in [-0.4, -0.2) is 77.0 Å². The zero-order valence-corrected chi connectivity index (χ0v) is 36.2. The number of aromatic hydroxyl groups is 1. The Morgan fingerprint density at radius 1 is 0.803 bits per heavy atom. The van der Waals surface area contributed by atoms with Crippen LogP contribution in [0.15, 0.2) is 103 Å². The fourth-order valence-corrected chi connectivity index (χ4v) is 7.74. The molecule has 8 rings (SSSR count). The molecule has 3 aromatic carbocycles. The van der Waals surface area contributed by atoms with E-state index in [4.69, 9.17) is 20.2 Å². The summed E-state index contributed by atoms with van der Waals surface area (Å²) in [6.45, 7) is 5.09. The minimum Gasteiger partial charge on any atom is -0.508 e. The number of benzene rings is 3. The summed E-state index contributed by atoms with van der Waals surface area (Å²) >= 11 is 0. The number of phenols is 1. The first-order chi connectivity index (χ1) is 31.8. The molecule has 1 saturated carbocycles. The molecular formula is C49H47F2N7O8. The number of nitrogens with one attached hydrogen (secondary N) is 3. The predicted octanol–water partition coefficient (Wildman–Crippen LogP) is 7.81. The lowest BCUT2D eigenvalue weighted by Crippen LogP contribution is -2.28. The zero-order chi connectivity index (χ0) is 46.4. The summed E-state index contributed by atoms with van der Waals surface area (Å²) in [7, 11) is 0. The maximum Gasteiger partial charge on any atom is 0.586 e. The normalized spacial score (nSPS) is 14.1. The molecule has 17 heteroatoms. The molecule has 1 aliphatic carbocycles. The summed E-state index contributed by atoms with van der Waals surface area (Å²) in [5, 5.41) is 18.3. The van der Waals surface area contributed by atoms with Gasteiger partial charge in [0.05, 0.1) is 44.0 Å². The average Bonchev–Trinajstić information content (AvgIpc) is 4.06. The molecule has 4 heterocycles. The molecule has 0 bridgehead atoms. The van der Waals surface area contributed by atoms with Gasteiger partial charge < -0.3 is 45.7 Å². The molecule has 0 saturated heterocycles. The number of halogens is 2. The van der Waals surface area contributed by atoms with E-state index >= 15 is 0 Å². The van der Waals surface area contributed by atoms with E-state index in [1.54, 1.807) is 73.1 Å². The van der Waals surface area contributed by atoms with Crippen LogP contribution < -0.4 is 31.2 Å². The topological polar surface area (TPSA) is 209 Å². The number of rotatable bonds is 18. The molecule has 15 nitrogen and oxygen atoms in total. The number of phenolic OH excluding ortho intramolecular Hbond substituents is 1. The second kappa shape index (κ2) is 19.3. The van der Waals surface area contributed by atoms with Gasteiger partial charge in [-0.15, -0.1) is 8.78 Å². The number of aromatic nitrogens is 3. The first kappa shape index (κ1) is 45.1. The van der Waals surface area contributed by atoms with Crippen LogP contribution in [0.1, 0.15) is 53.2 Å². The van der Waals surface area contributed by atoms with E-state index in [-0.39, 0.29) is 74.4 Å². The average molecular weight is 900 g/mol. The van der Waals surface area contributed by atoms with Crippen LogP contribution in [0, 0.1) is 6.92 Å². The van der Waals surface area contributed by atoms with Crippen LogP contribution >= 0.6 is 0 Å². The number of anilines is 3. The number of aryl methyl sites for hydroxylation is 1. The summed E-state index contributed by atoms with van der Waals surface area (Å²) in [6, 6.07) is 25.3. The van der Waals surface area contributed by atoms with Crippen LogP contribution in [0.4, 0.5) is 26.2 Å². The van der Waals surface area contributed by atoms with E-state index in [0.29, 0.717) is 59.1 Å². The Morgan fingerprint density at radius 2 is 1.55 bits per heavy atom. The molecule has 340 valence electrons. The maximum absolute atomic E-state index is 13.6. The smallest absolute Gasteiger partial charge is 0.508 e. The van der Waals surface area contributed by atoms with Crippen LogP contribution in [-0.2, 0) is 30.9 Å². The van der Waals surface area contributed by atoms with E-state index in [2.05, 4.69) is 35.4 Å². The highest BCUT2D eigenvalue weighted by molar-refractivity contribution is 6.01. The van der Waals surface area contributed by atoms with Gasteiger partial charge in [0, 0.05) is 46.8 Å². The number of nitrogens with zero attached hydrogens (tertiary/aromatic N) is 3. The Balaban J connectivity index is 0.743. The SMILES string of the molecule is CCc1c(-c2ccc(NC(=O)CCOCCOCCNC(=O)c3cccc(-c4nc(NC(=O)C5(c6ccc7c(c6)OC(F)(F)O7)CC5)ccc4C)c3)nc2)cnc(N)c1-c1ccc(O)cc1. The first-order valence-corrected chi connectivity index (χ1v) is 21.4. The number of amides is 3. The number of alkyl halides is 2. The molecular weight excluding hydrogens is 853 g/mol. The molecule has 1 aliphatic heterocycles. The van der Waals surface area contributed by atoms with E-state index in [9.17, 15) is 28.3 Å². The number of carbonyl (C=O) groups excluding carboxylic acids is 3.